The molecule has 0 aliphatic carbocycles. The zero-order chi connectivity index (χ0) is 19.9. The van der Waals surface area contributed by atoms with E-state index in [-0.39, 0.29) is 11.5 Å². The first-order valence-corrected chi connectivity index (χ1v) is 8.71. The molecule has 2 heterocycles. The Hall–Kier alpha value is -1.39. The fraction of sp³-hybridized carbons (Fsp3) is 0.562. The lowest BCUT2D eigenvalue weighted by atomic mass is 9.84. The van der Waals surface area contributed by atoms with Crippen molar-refractivity contribution in [2.24, 2.45) is 0 Å². The Morgan fingerprint density at radius 1 is 1.15 bits per heavy atom. The summed E-state index contributed by atoms with van der Waals surface area (Å²) in [6.07, 6.45) is -5.00. The zero-order valence-corrected chi connectivity index (χ0v) is 15.8. The second-order valence-corrected chi connectivity index (χ2v) is 7.78. The average molecular weight is 394 g/mol. The number of allylic oxidation sites excluding steroid dienone is 1. The Morgan fingerprint density at radius 2 is 1.65 bits per heavy atom. The van der Waals surface area contributed by atoms with Crippen molar-refractivity contribution in [3.05, 3.63) is 27.6 Å². The molecule has 1 aromatic heterocycles. The van der Waals surface area contributed by atoms with Gasteiger partial charge in [0.15, 0.2) is 0 Å². The SMILES string of the molecule is CCOC(=O)c1ccc(C(=C(F)B2OC(C)(C)C(C)(C)O2)C(F)(F)F)s1. The fourth-order valence-corrected chi connectivity index (χ4v) is 3.21. The average Bonchev–Trinajstić information content (AvgIpc) is 3.01. The van der Waals surface area contributed by atoms with E-state index in [2.05, 4.69) is 0 Å². The molecule has 144 valence electrons. The van der Waals surface area contributed by atoms with Gasteiger partial charge in [-0.2, -0.15) is 13.2 Å². The summed E-state index contributed by atoms with van der Waals surface area (Å²) in [5.74, 6) is -0.763. The third kappa shape index (κ3) is 3.97. The molecule has 0 amide bonds. The first-order chi connectivity index (χ1) is 11.8. The fourth-order valence-electron chi connectivity index (χ4n) is 2.24. The molecule has 1 aromatic rings. The van der Waals surface area contributed by atoms with Crippen molar-refractivity contribution in [2.75, 3.05) is 6.61 Å². The Bertz CT molecular complexity index is 708. The molecule has 0 saturated carbocycles. The molecule has 0 atom stereocenters. The molecule has 10 heteroatoms. The molecule has 0 N–H and O–H groups in total. The Labute approximate surface area is 153 Å². The molecular weight excluding hydrogens is 375 g/mol. The Balaban J connectivity index is 2.46. The maximum Gasteiger partial charge on any atom is 0.525 e. The van der Waals surface area contributed by atoms with Crippen LogP contribution in [0.4, 0.5) is 17.6 Å². The summed E-state index contributed by atoms with van der Waals surface area (Å²) in [5, 5.41) is 0. The smallest absolute Gasteiger partial charge is 0.462 e. The van der Waals surface area contributed by atoms with Crippen LogP contribution in [-0.4, -0.2) is 37.1 Å². The van der Waals surface area contributed by atoms with E-state index in [0.29, 0.717) is 11.3 Å². The summed E-state index contributed by atoms with van der Waals surface area (Å²) < 4.78 is 70.9. The molecule has 0 bridgehead atoms. The second-order valence-electron chi connectivity index (χ2n) is 6.69. The van der Waals surface area contributed by atoms with Crippen LogP contribution in [-0.2, 0) is 14.0 Å². The van der Waals surface area contributed by atoms with E-state index in [1.54, 1.807) is 34.6 Å². The van der Waals surface area contributed by atoms with E-state index >= 15 is 0 Å². The number of halogens is 4. The van der Waals surface area contributed by atoms with Crippen molar-refractivity contribution in [3.63, 3.8) is 0 Å². The zero-order valence-electron chi connectivity index (χ0n) is 15.0. The van der Waals surface area contributed by atoms with Gasteiger partial charge in [0.1, 0.15) is 16.2 Å². The lowest BCUT2D eigenvalue weighted by molar-refractivity contribution is -0.0697. The lowest BCUT2D eigenvalue weighted by Crippen LogP contribution is -2.41. The first kappa shape index (κ1) is 20.9. The topological polar surface area (TPSA) is 44.8 Å². The van der Waals surface area contributed by atoms with Crippen molar-refractivity contribution >= 4 is 30.0 Å². The van der Waals surface area contributed by atoms with Crippen LogP contribution in [0.15, 0.2) is 17.9 Å². The van der Waals surface area contributed by atoms with Crippen molar-refractivity contribution < 1.29 is 36.4 Å². The molecule has 1 aliphatic rings. The molecule has 0 spiro atoms. The van der Waals surface area contributed by atoms with Gasteiger partial charge in [0.05, 0.1) is 17.8 Å². The maximum absolute atomic E-state index is 14.8. The molecule has 4 nitrogen and oxygen atoms in total. The van der Waals surface area contributed by atoms with Crippen LogP contribution in [0.2, 0.25) is 0 Å². The number of rotatable bonds is 4. The van der Waals surface area contributed by atoms with Gasteiger partial charge >= 0.3 is 19.3 Å². The van der Waals surface area contributed by atoms with E-state index in [9.17, 15) is 22.4 Å². The predicted octanol–water partition coefficient (Wildman–Crippen LogP) is 4.80. The monoisotopic (exact) mass is 394 g/mol. The van der Waals surface area contributed by atoms with Gasteiger partial charge in [-0.25, -0.2) is 9.18 Å². The first-order valence-electron chi connectivity index (χ1n) is 7.90. The van der Waals surface area contributed by atoms with Crippen LogP contribution < -0.4 is 0 Å². The maximum atomic E-state index is 14.8. The summed E-state index contributed by atoms with van der Waals surface area (Å²) in [6.45, 7) is 8.09. The summed E-state index contributed by atoms with van der Waals surface area (Å²) in [4.78, 5) is 11.2. The highest BCUT2D eigenvalue weighted by Crippen LogP contribution is 2.45. The van der Waals surface area contributed by atoms with Gasteiger partial charge in [-0.3, -0.25) is 0 Å². The van der Waals surface area contributed by atoms with Gasteiger partial charge < -0.3 is 14.0 Å². The van der Waals surface area contributed by atoms with Crippen molar-refractivity contribution in [1.29, 1.82) is 0 Å². The van der Waals surface area contributed by atoms with Crippen molar-refractivity contribution in [2.45, 2.75) is 52.0 Å². The number of alkyl halides is 3. The molecule has 2 rings (SSSR count). The van der Waals surface area contributed by atoms with E-state index in [0.717, 1.165) is 6.07 Å². The van der Waals surface area contributed by atoms with Gasteiger partial charge in [0, 0.05) is 4.88 Å². The summed E-state index contributed by atoms with van der Waals surface area (Å²) in [7, 11) is -1.79. The van der Waals surface area contributed by atoms with Crippen LogP contribution >= 0.6 is 11.3 Å². The summed E-state index contributed by atoms with van der Waals surface area (Å²) >= 11 is 0.499. The minimum atomic E-state index is -5.00. The van der Waals surface area contributed by atoms with E-state index < -0.39 is 46.6 Å². The predicted molar refractivity (Wildman–Crippen MR) is 90.4 cm³/mol. The molecule has 26 heavy (non-hydrogen) atoms. The van der Waals surface area contributed by atoms with Crippen LogP contribution in [0.25, 0.3) is 5.57 Å². The standard InChI is InChI=1S/C16H19BF4O4S/c1-6-23-13(22)10-8-7-9(26-10)11(16(19,20)21)12(18)17-24-14(2,3)15(4,5)25-17/h7-8H,6H2,1-5H3. The molecule has 1 saturated heterocycles. The highest BCUT2D eigenvalue weighted by molar-refractivity contribution is 7.15. The van der Waals surface area contributed by atoms with Crippen LogP contribution in [0, 0.1) is 0 Å². The van der Waals surface area contributed by atoms with Gasteiger partial charge in [-0.15, -0.1) is 11.3 Å². The minimum absolute atomic E-state index is 0.0506. The second kappa shape index (κ2) is 6.97. The molecule has 0 radical (unpaired) electrons. The number of hydrogen-bond donors (Lipinski definition) is 0. The van der Waals surface area contributed by atoms with Gasteiger partial charge in [-0.05, 0) is 46.8 Å². The number of thiophene rings is 1. The Morgan fingerprint density at radius 3 is 2.12 bits per heavy atom. The van der Waals surface area contributed by atoms with E-state index in [1.165, 1.54) is 6.07 Å². The molecule has 0 aromatic carbocycles. The Kier molecular flexibility index (Phi) is 5.61. The quantitative estimate of drug-likeness (QED) is 0.418. The molecule has 0 unspecified atom stereocenters. The number of hydrogen-bond acceptors (Lipinski definition) is 5. The van der Waals surface area contributed by atoms with E-state index in [1.807, 2.05) is 0 Å². The highest BCUT2D eigenvalue weighted by atomic mass is 32.1. The molecule has 1 aliphatic heterocycles. The number of carbonyl (C=O) groups excluding carboxylic acids is 1. The summed E-state index contributed by atoms with van der Waals surface area (Å²) in [5.41, 5.74) is -5.07. The third-order valence-corrected chi connectivity index (χ3v) is 5.39. The lowest BCUT2D eigenvalue weighted by Gasteiger charge is -2.32. The van der Waals surface area contributed by atoms with Crippen LogP contribution in [0.1, 0.15) is 49.2 Å². The molecule has 1 fully saturated rings. The number of esters is 1. The van der Waals surface area contributed by atoms with Crippen LogP contribution in [0.5, 0.6) is 0 Å². The number of carbonyl (C=O) groups is 1. The van der Waals surface area contributed by atoms with Crippen molar-refractivity contribution in [3.8, 4) is 0 Å². The number of ether oxygens (including phenoxy) is 1. The summed E-state index contributed by atoms with van der Waals surface area (Å²) in [6, 6.07) is 2.20. The van der Waals surface area contributed by atoms with Gasteiger partial charge in [-0.1, -0.05) is 0 Å². The van der Waals surface area contributed by atoms with E-state index in [4.69, 9.17) is 14.0 Å². The third-order valence-electron chi connectivity index (χ3n) is 4.31. The highest BCUT2D eigenvalue weighted by Gasteiger charge is 2.55. The van der Waals surface area contributed by atoms with Crippen molar-refractivity contribution in [1.82, 2.24) is 0 Å². The normalized spacial score (nSPS) is 20.1. The molecular formula is C16H19BF4O4S. The largest absolute Gasteiger partial charge is 0.525 e. The minimum Gasteiger partial charge on any atom is -0.462 e. The van der Waals surface area contributed by atoms with Gasteiger partial charge in [0.2, 0.25) is 0 Å². The van der Waals surface area contributed by atoms with Crippen LogP contribution in [0.3, 0.4) is 0 Å². The van der Waals surface area contributed by atoms with Gasteiger partial charge in [0.25, 0.3) is 0 Å².